The zero-order chi connectivity index (χ0) is 13.1. The lowest BCUT2D eigenvalue weighted by atomic mass is 9.98. The fourth-order valence-corrected chi connectivity index (χ4v) is 1.83. The number of nitrogens with two attached hydrogens (primary N) is 1. The van der Waals surface area contributed by atoms with E-state index in [9.17, 15) is 4.79 Å². The fourth-order valence-electron chi connectivity index (χ4n) is 1.03. The number of amides is 1. The summed E-state index contributed by atoms with van der Waals surface area (Å²) in [4.78, 5) is 11.6. The Labute approximate surface area is 117 Å². The van der Waals surface area contributed by atoms with Crippen LogP contribution in [0.5, 0.6) is 0 Å². The van der Waals surface area contributed by atoms with Crippen molar-refractivity contribution in [2.24, 2.45) is 5.73 Å². The van der Waals surface area contributed by atoms with Gasteiger partial charge in [-0.1, -0.05) is 32.1 Å². The lowest BCUT2D eigenvalue weighted by Gasteiger charge is -2.12. The molecule has 1 rings (SSSR count). The highest BCUT2D eigenvalue weighted by Gasteiger charge is 2.21. The molecule has 0 bridgehead atoms. The summed E-state index contributed by atoms with van der Waals surface area (Å²) in [5.74, 6) is -0.316. The molecule has 3 N–H and O–H groups in total. The van der Waals surface area contributed by atoms with E-state index in [1.54, 1.807) is 0 Å². The van der Waals surface area contributed by atoms with Crippen molar-refractivity contribution in [3.8, 4) is 0 Å². The molecular weight excluding hydrogens is 276 g/mol. The number of ether oxygens (including phenoxy) is 1. The van der Waals surface area contributed by atoms with Gasteiger partial charge >= 0.3 is 0 Å². The molecule has 1 atom stereocenters. The Morgan fingerprint density at radius 1 is 1.50 bits per heavy atom. The van der Waals surface area contributed by atoms with Gasteiger partial charge in [0.1, 0.15) is 11.0 Å². The minimum absolute atomic E-state index is 0. The quantitative estimate of drug-likeness (QED) is 0.870. The average molecular weight is 295 g/mol. The summed E-state index contributed by atoms with van der Waals surface area (Å²) in [5.41, 5.74) is 5.51. The number of methoxy groups -OCH3 is 1. The van der Waals surface area contributed by atoms with Gasteiger partial charge in [-0.05, 0) is 0 Å². The van der Waals surface area contributed by atoms with Crippen molar-refractivity contribution in [3.63, 3.8) is 0 Å². The van der Waals surface area contributed by atoms with Crippen LogP contribution in [0.25, 0.3) is 0 Å². The molecule has 8 heteroatoms. The zero-order valence-corrected chi connectivity index (χ0v) is 12.5. The monoisotopic (exact) mass is 294 g/mol. The zero-order valence-electron chi connectivity index (χ0n) is 10.9. The van der Waals surface area contributed by atoms with Crippen molar-refractivity contribution in [1.29, 1.82) is 0 Å². The van der Waals surface area contributed by atoms with Crippen molar-refractivity contribution in [3.05, 3.63) is 5.01 Å². The first-order valence-corrected chi connectivity index (χ1v) is 6.05. The topological polar surface area (TPSA) is 90.1 Å². The number of carbonyl (C=O) groups excluding carboxylic acids is 1. The Kier molecular flexibility index (Phi) is 6.69. The maximum atomic E-state index is 11.6. The van der Waals surface area contributed by atoms with E-state index in [4.69, 9.17) is 10.5 Å². The summed E-state index contributed by atoms with van der Waals surface area (Å²) in [7, 11) is 1.50. The van der Waals surface area contributed by atoms with E-state index < -0.39 is 6.04 Å². The molecule has 104 valence electrons. The molecule has 6 nitrogen and oxygen atoms in total. The number of halogens is 1. The second-order valence-corrected chi connectivity index (χ2v) is 5.69. The highest BCUT2D eigenvalue weighted by atomic mass is 35.5. The van der Waals surface area contributed by atoms with Crippen molar-refractivity contribution in [2.75, 3.05) is 19.0 Å². The SMILES string of the molecule is COCC(N)C(=O)Nc1nnc(C(C)(C)C)s1.Cl. The highest BCUT2D eigenvalue weighted by Crippen LogP contribution is 2.27. The number of aromatic nitrogens is 2. The Balaban J connectivity index is 0.00000289. The highest BCUT2D eigenvalue weighted by molar-refractivity contribution is 7.15. The van der Waals surface area contributed by atoms with Gasteiger partial charge in [-0.25, -0.2) is 0 Å². The summed E-state index contributed by atoms with van der Waals surface area (Å²) < 4.78 is 4.80. The van der Waals surface area contributed by atoms with Crippen LogP contribution in [0.4, 0.5) is 5.13 Å². The molecule has 0 fully saturated rings. The molecule has 1 aromatic heterocycles. The second-order valence-electron chi connectivity index (χ2n) is 4.71. The van der Waals surface area contributed by atoms with Gasteiger partial charge in [0.05, 0.1) is 6.61 Å². The van der Waals surface area contributed by atoms with E-state index in [-0.39, 0.29) is 30.3 Å². The Morgan fingerprint density at radius 3 is 2.56 bits per heavy atom. The van der Waals surface area contributed by atoms with Crippen LogP contribution in [0.2, 0.25) is 0 Å². The molecule has 0 saturated heterocycles. The minimum Gasteiger partial charge on any atom is -0.383 e. The number of nitrogens with one attached hydrogen (secondary N) is 1. The molecule has 1 aromatic rings. The third-order valence-corrected chi connectivity index (χ3v) is 3.24. The molecule has 1 amide bonds. The molecule has 0 radical (unpaired) electrons. The van der Waals surface area contributed by atoms with Gasteiger partial charge in [0.25, 0.3) is 0 Å². The van der Waals surface area contributed by atoms with Crippen LogP contribution in [-0.2, 0) is 14.9 Å². The summed E-state index contributed by atoms with van der Waals surface area (Å²) in [6.45, 7) is 6.29. The molecular formula is C10H19ClN4O2S. The normalized spacial score (nSPS) is 12.7. The molecule has 0 saturated carbocycles. The van der Waals surface area contributed by atoms with Gasteiger partial charge < -0.3 is 10.5 Å². The maximum absolute atomic E-state index is 11.6. The summed E-state index contributed by atoms with van der Waals surface area (Å²) in [6.07, 6.45) is 0. The van der Waals surface area contributed by atoms with Gasteiger partial charge in [-0.2, -0.15) is 0 Å². The third-order valence-electron chi connectivity index (χ3n) is 1.98. The van der Waals surface area contributed by atoms with E-state index in [1.165, 1.54) is 18.4 Å². The summed E-state index contributed by atoms with van der Waals surface area (Å²) in [5, 5.41) is 11.9. The Bertz CT molecular complexity index is 391. The Morgan fingerprint density at radius 2 is 2.11 bits per heavy atom. The largest absolute Gasteiger partial charge is 0.383 e. The lowest BCUT2D eigenvalue weighted by molar-refractivity contribution is -0.118. The van der Waals surface area contributed by atoms with Crippen LogP contribution < -0.4 is 11.1 Å². The second kappa shape index (κ2) is 6.98. The van der Waals surface area contributed by atoms with Crippen LogP contribution in [-0.4, -0.2) is 35.9 Å². The molecule has 0 aromatic carbocycles. The van der Waals surface area contributed by atoms with Crippen molar-refractivity contribution in [1.82, 2.24) is 10.2 Å². The number of nitrogens with zero attached hydrogens (tertiary/aromatic N) is 2. The van der Waals surface area contributed by atoms with Crippen LogP contribution in [0, 0.1) is 0 Å². The Hall–Kier alpha value is -0.760. The summed E-state index contributed by atoms with van der Waals surface area (Å²) in [6, 6.07) is -0.693. The molecule has 0 aliphatic carbocycles. The standard InChI is InChI=1S/C10H18N4O2S.ClH/c1-10(2,3)8-13-14-9(17-8)12-7(15)6(11)5-16-4;/h6H,5,11H2,1-4H3,(H,12,14,15);1H. The molecule has 1 unspecified atom stereocenters. The van der Waals surface area contributed by atoms with Gasteiger partial charge in [0, 0.05) is 12.5 Å². The number of hydrogen-bond donors (Lipinski definition) is 2. The molecule has 0 aliphatic rings. The number of rotatable bonds is 4. The predicted molar refractivity (Wildman–Crippen MR) is 74.3 cm³/mol. The van der Waals surface area contributed by atoms with Crippen LogP contribution in [0.1, 0.15) is 25.8 Å². The van der Waals surface area contributed by atoms with E-state index in [0.717, 1.165) is 5.01 Å². The van der Waals surface area contributed by atoms with Crippen molar-refractivity contribution in [2.45, 2.75) is 32.2 Å². The van der Waals surface area contributed by atoms with E-state index in [0.29, 0.717) is 5.13 Å². The first kappa shape index (κ1) is 17.2. The first-order chi connectivity index (χ1) is 7.84. The predicted octanol–water partition coefficient (Wildman–Crippen LogP) is 1.17. The van der Waals surface area contributed by atoms with Crippen molar-refractivity contribution < 1.29 is 9.53 Å². The first-order valence-electron chi connectivity index (χ1n) is 5.24. The molecule has 1 heterocycles. The average Bonchev–Trinajstić information content (AvgIpc) is 2.66. The molecule has 18 heavy (non-hydrogen) atoms. The van der Waals surface area contributed by atoms with Crippen LogP contribution in [0.15, 0.2) is 0 Å². The van der Waals surface area contributed by atoms with Crippen molar-refractivity contribution >= 4 is 34.8 Å². The lowest BCUT2D eigenvalue weighted by Crippen LogP contribution is -2.39. The molecule has 0 aliphatic heterocycles. The van der Waals surface area contributed by atoms with Crippen LogP contribution >= 0.6 is 23.7 Å². The van der Waals surface area contributed by atoms with E-state index in [1.807, 2.05) is 20.8 Å². The smallest absolute Gasteiger partial charge is 0.245 e. The summed E-state index contributed by atoms with van der Waals surface area (Å²) >= 11 is 1.35. The number of anilines is 1. The van der Waals surface area contributed by atoms with Gasteiger partial charge in [-0.3, -0.25) is 10.1 Å². The van der Waals surface area contributed by atoms with E-state index in [2.05, 4.69) is 15.5 Å². The van der Waals surface area contributed by atoms with Crippen LogP contribution in [0.3, 0.4) is 0 Å². The van der Waals surface area contributed by atoms with Gasteiger partial charge in [0.15, 0.2) is 0 Å². The molecule has 0 spiro atoms. The van der Waals surface area contributed by atoms with Gasteiger partial charge in [0.2, 0.25) is 11.0 Å². The van der Waals surface area contributed by atoms with Gasteiger partial charge in [-0.15, -0.1) is 22.6 Å². The minimum atomic E-state index is -0.693. The number of hydrogen-bond acceptors (Lipinski definition) is 6. The maximum Gasteiger partial charge on any atom is 0.245 e. The number of carbonyl (C=O) groups is 1. The fraction of sp³-hybridized carbons (Fsp3) is 0.700. The van der Waals surface area contributed by atoms with E-state index >= 15 is 0 Å². The third kappa shape index (κ3) is 4.85.